The number of amides is 3. The van der Waals surface area contributed by atoms with Crippen molar-refractivity contribution in [3.05, 3.63) is 130 Å². The lowest BCUT2D eigenvalue weighted by atomic mass is 9.93. The molecule has 4 aromatic rings. The zero-order valence-corrected chi connectivity index (χ0v) is 29.9. The molecule has 6 rings (SSSR count). The predicted molar refractivity (Wildman–Crippen MR) is 194 cm³/mol. The van der Waals surface area contributed by atoms with Crippen LogP contribution < -0.4 is 15.0 Å². The normalized spacial score (nSPS) is 17.1. The summed E-state index contributed by atoms with van der Waals surface area (Å²) in [5.41, 5.74) is 2.75. The topological polar surface area (TPSA) is 152 Å². The number of hydrogen-bond donors (Lipinski definition) is 2. The van der Waals surface area contributed by atoms with Gasteiger partial charge in [0.2, 0.25) is 16.3 Å². The molecule has 4 aromatic carbocycles. The quantitative estimate of drug-likeness (QED) is 0.169. The van der Waals surface area contributed by atoms with E-state index in [0.29, 0.717) is 34.1 Å². The number of anilines is 2. The maximum atomic E-state index is 13.6. The van der Waals surface area contributed by atoms with Crippen molar-refractivity contribution in [3.8, 4) is 5.75 Å². The molecule has 0 aromatic heterocycles. The third-order valence-corrected chi connectivity index (χ3v) is 10.9. The summed E-state index contributed by atoms with van der Waals surface area (Å²) in [4.78, 5) is 41.0. The Morgan fingerprint density at radius 3 is 2.40 bits per heavy atom. The van der Waals surface area contributed by atoms with Gasteiger partial charge in [0.05, 0.1) is 42.0 Å². The fourth-order valence-electron chi connectivity index (χ4n) is 6.11. The van der Waals surface area contributed by atoms with E-state index in [1.165, 1.54) is 31.4 Å². The van der Waals surface area contributed by atoms with Crippen molar-refractivity contribution in [1.29, 1.82) is 0 Å². The molecule has 270 valence electrons. The summed E-state index contributed by atoms with van der Waals surface area (Å²) < 4.78 is 45.0. The summed E-state index contributed by atoms with van der Waals surface area (Å²) in [5, 5.41) is 12.8. The second-order valence-corrected chi connectivity index (χ2v) is 14.5. The fraction of sp³-hybridized carbons (Fsp3) is 0.237. The van der Waals surface area contributed by atoms with Crippen LogP contribution in [0.3, 0.4) is 0 Å². The van der Waals surface area contributed by atoms with E-state index < -0.39 is 40.6 Å². The van der Waals surface area contributed by atoms with Crippen molar-refractivity contribution in [2.75, 3.05) is 43.6 Å². The average Bonchev–Trinajstić information content (AvgIpc) is 3.39. The molecular weight excluding hydrogens is 710 g/mol. The van der Waals surface area contributed by atoms with Crippen LogP contribution in [0.25, 0.3) is 0 Å². The summed E-state index contributed by atoms with van der Waals surface area (Å²) in [6, 6.07) is 24.8. The Morgan fingerprint density at radius 2 is 1.71 bits per heavy atom. The number of aliphatic hydroxyl groups excluding tert-OH is 1. The van der Waals surface area contributed by atoms with Gasteiger partial charge in [-0.15, -0.1) is 0 Å². The number of hydrogen-bond acceptors (Lipinski definition) is 9. The molecule has 2 aliphatic heterocycles. The Morgan fingerprint density at radius 1 is 0.981 bits per heavy atom. The molecule has 0 saturated heterocycles. The third kappa shape index (κ3) is 7.73. The number of sulfonamides is 1. The lowest BCUT2D eigenvalue weighted by Gasteiger charge is -2.30. The number of halogens is 1. The Labute approximate surface area is 306 Å². The van der Waals surface area contributed by atoms with Gasteiger partial charge in [-0.05, 0) is 84.8 Å². The van der Waals surface area contributed by atoms with Gasteiger partial charge in [-0.1, -0.05) is 41.9 Å². The van der Waals surface area contributed by atoms with Crippen LogP contribution in [0.4, 0.5) is 11.4 Å². The highest BCUT2D eigenvalue weighted by Gasteiger charge is 2.37. The highest BCUT2D eigenvalue weighted by molar-refractivity contribution is 7.89. The molecule has 0 radical (unpaired) electrons. The Hall–Kier alpha value is -5.05. The van der Waals surface area contributed by atoms with Crippen LogP contribution in [-0.4, -0.2) is 75.3 Å². The van der Waals surface area contributed by atoms with Crippen molar-refractivity contribution < 1.29 is 42.1 Å². The number of aliphatic hydroxyl groups is 1. The van der Waals surface area contributed by atoms with Crippen LogP contribution in [0.2, 0.25) is 5.02 Å². The number of ether oxygens (including phenoxy) is 3. The standard InChI is InChI=1S/C38H36ClN3O9S/c1-24-20-28(9-15-33(24)42-37(45)31-14-8-27(39)23-32(31)38(42)46)40-36(44)34-21-26(25-6-4-3-5-7-25)22-35(51-34)50-19-17-41(16-18-43)52(47,48)30-12-10-29(49-2)11-13-30/h3-15,20-21,23,26,35,43H,16-19,22H2,1-2H3,(H,40,44)/t26-,35+/m0/s1. The van der Waals surface area contributed by atoms with Crippen molar-refractivity contribution in [1.82, 2.24) is 4.31 Å². The molecule has 0 fully saturated rings. The van der Waals surface area contributed by atoms with Gasteiger partial charge in [0, 0.05) is 36.1 Å². The van der Waals surface area contributed by atoms with E-state index in [4.69, 9.17) is 25.8 Å². The molecule has 0 unspecified atom stereocenters. The molecule has 2 atom stereocenters. The lowest BCUT2D eigenvalue weighted by Crippen LogP contribution is -2.37. The Kier molecular flexibility index (Phi) is 11.1. The van der Waals surface area contributed by atoms with Crippen LogP contribution in [0.1, 0.15) is 44.2 Å². The van der Waals surface area contributed by atoms with Crippen molar-refractivity contribution in [2.24, 2.45) is 0 Å². The molecule has 12 nitrogen and oxygen atoms in total. The minimum atomic E-state index is -3.96. The monoisotopic (exact) mass is 745 g/mol. The van der Waals surface area contributed by atoms with Gasteiger partial charge in [0.1, 0.15) is 5.75 Å². The lowest BCUT2D eigenvalue weighted by molar-refractivity contribution is -0.143. The molecular formula is C38H36ClN3O9S. The largest absolute Gasteiger partial charge is 0.497 e. The Bertz CT molecular complexity index is 2130. The zero-order chi connectivity index (χ0) is 37.0. The second-order valence-electron chi connectivity index (χ2n) is 12.1. The van der Waals surface area contributed by atoms with Crippen molar-refractivity contribution in [2.45, 2.75) is 30.4 Å². The highest BCUT2D eigenvalue weighted by atomic mass is 35.5. The van der Waals surface area contributed by atoms with Gasteiger partial charge >= 0.3 is 0 Å². The highest BCUT2D eigenvalue weighted by Crippen LogP contribution is 2.35. The molecule has 2 N–H and O–H groups in total. The van der Waals surface area contributed by atoms with Gasteiger partial charge in [0.15, 0.2) is 5.76 Å². The molecule has 0 saturated carbocycles. The van der Waals surface area contributed by atoms with Crippen LogP contribution >= 0.6 is 11.6 Å². The molecule has 0 bridgehead atoms. The molecule has 2 heterocycles. The zero-order valence-electron chi connectivity index (χ0n) is 28.3. The summed E-state index contributed by atoms with van der Waals surface area (Å²) in [5.74, 6) is -1.26. The summed E-state index contributed by atoms with van der Waals surface area (Å²) in [7, 11) is -2.48. The van der Waals surface area contributed by atoms with Gasteiger partial charge in [-0.3, -0.25) is 14.4 Å². The number of nitrogens with zero attached hydrogens (tertiary/aromatic N) is 2. The number of nitrogens with one attached hydrogen (secondary N) is 1. The van der Waals surface area contributed by atoms with Crippen LogP contribution in [0.15, 0.2) is 108 Å². The predicted octanol–water partition coefficient (Wildman–Crippen LogP) is 5.51. The third-order valence-electron chi connectivity index (χ3n) is 8.74. The molecule has 14 heteroatoms. The maximum Gasteiger partial charge on any atom is 0.290 e. The maximum absolute atomic E-state index is 13.6. The van der Waals surface area contributed by atoms with E-state index in [2.05, 4.69) is 5.32 Å². The Balaban J connectivity index is 1.15. The summed E-state index contributed by atoms with van der Waals surface area (Å²) in [6.07, 6.45) is 1.16. The van der Waals surface area contributed by atoms with E-state index in [9.17, 15) is 27.9 Å². The number of allylic oxidation sites excluding steroid dienone is 1. The number of fused-ring (bicyclic) bond motifs is 1. The number of benzene rings is 4. The number of carbonyl (C=O) groups is 3. The average molecular weight is 746 g/mol. The molecule has 2 aliphatic rings. The number of aryl methyl sites for hydroxylation is 1. The van der Waals surface area contributed by atoms with Gasteiger partial charge in [0.25, 0.3) is 17.7 Å². The minimum Gasteiger partial charge on any atom is -0.497 e. The van der Waals surface area contributed by atoms with Gasteiger partial charge < -0.3 is 24.6 Å². The van der Waals surface area contributed by atoms with Crippen molar-refractivity contribution in [3.63, 3.8) is 0 Å². The molecule has 0 spiro atoms. The van der Waals surface area contributed by atoms with Crippen LogP contribution in [-0.2, 0) is 24.3 Å². The first-order valence-corrected chi connectivity index (χ1v) is 18.2. The molecule has 52 heavy (non-hydrogen) atoms. The van der Waals surface area contributed by atoms with Crippen LogP contribution in [0, 0.1) is 6.92 Å². The molecule has 0 aliphatic carbocycles. The summed E-state index contributed by atoms with van der Waals surface area (Å²) in [6.45, 7) is 1.01. The molecule has 3 amide bonds. The minimum absolute atomic E-state index is 0.00197. The first kappa shape index (κ1) is 36.7. The SMILES string of the molecule is COc1ccc(S(=O)(=O)N(CCO)CCO[C@H]2C[C@@H](c3ccccc3)C=C(C(=O)Nc3ccc(N4C(=O)c5ccc(Cl)cc5C4=O)c(C)c3)O2)cc1. The fourth-order valence-corrected chi connectivity index (χ4v) is 7.69. The van der Waals surface area contributed by atoms with E-state index in [1.807, 2.05) is 30.3 Å². The first-order valence-electron chi connectivity index (χ1n) is 16.4. The number of methoxy groups -OCH3 is 1. The van der Waals surface area contributed by atoms with Gasteiger partial charge in [-0.25, -0.2) is 13.3 Å². The van der Waals surface area contributed by atoms with Gasteiger partial charge in [-0.2, -0.15) is 4.31 Å². The van der Waals surface area contributed by atoms with E-state index >= 15 is 0 Å². The van der Waals surface area contributed by atoms with Crippen molar-refractivity contribution >= 4 is 50.7 Å². The smallest absolute Gasteiger partial charge is 0.290 e. The second kappa shape index (κ2) is 15.7. The number of imide groups is 1. The van der Waals surface area contributed by atoms with Crippen LogP contribution in [0.5, 0.6) is 5.75 Å². The van der Waals surface area contributed by atoms with E-state index in [0.717, 1.165) is 14.8 Å². The number of carbonyl (C=O) groups excluding carboxylic acids is 3. The first-order chi connectivity index (χ1) is 25.0. The summed E-state index contributed by atoms with van der Waals surface area (Å²) >= 11 is 6.06. The van der Waals surface area contributed by atoms with E-state index in [1.54, 1.807) is 49.4 Å². The number of rotatable bonds is 13. The van der Waals surface area contributed by atoms with E-state index in [-0.39, 0.29) is 47.4 Å².